The first kappa shape index (κ1) is 20.0. The molecule has 146 valence electrons. The zero-order valence-corrected chi connectivity index (χ0v) is 15.9. The van der Waals surface area contributed by atoms with E-state index in [-0.39, 0.29) is 27.1 Å². The number of para-hydroxylation sites is 2. The molecule has 28 heavy (non-hydrogen) atoms. The number of thioether (sulfide) groups is 1. The fourth-order valence-electron chi connectivity index (χ4n) is 2.46. The Hall–Kier alpha value is -2.72. The van der Waals surface area contributed by atoms with Crippen molar-refractivity contribution in [1.82, 2.24) is 9.55 Å². The van der Waals surface area contributed by atoms with Crippen LogP contribution in [0.3, 0.4) is 0 Å². The molecule has 11 heteroatoms. The number of hydrogen-bond acceptors (Lipinski definition) is 5. The quantitative estimate of drug-likeness (QED) is 0.336. The molecule has 3 aromatic rings. The predicted molar refractivity (Wildman–Crippen MR) is 103 cm³/mol. The van der Waals surface area contributed by atoms with Crippen molar-refractivity contribution in [2.45, 2.75) is 23.9 Å². The Morgan fingerprint density at radius 2 is 2.04 bits per heavy atom. The van der Waals surface area contributed by atoms with Crippen LogP contribution in [-0.4, -0.2) is 25.6 Å². The second-order valence-corrected chi connectivity index (χ2v) is 7.42. The number of nitrogens with zero attached hydrogens (tertiary/aromatic N) is 3. The maximum Gasteiger partial charge on any atom is 0.321 e. The molecule has 1 amide bonds. The van der Waals surface area contributed by atoms with E-state index < -0.39 is 22.6 Å². The molecule has 0 radical (unpaired) electrons. The van der Waals surface area contributed by atoms with Crippen LogP contribution in [0, 0.1) is 10.1 Å². The highest BCUT2D eigenvalue weighted by molar-refractivity contribution is 8.00. The summed E-state index contributed by atoms with van der Waals surface area (Å²) in [6.45, 7) is -1.31. The third kappa shape index (κ3) is 4.07. The molecule has 1 aromatic heterocycles. The number of amides is 1. The monoisotopic (exact) mass is 426 g/mol. The molecule has 1 heterocycles. The first-order valence-corrected chi connectivity index (χ1v) is 9.20. The summed E-state index contributed by atoms with van der Waals surface area (Å²) < 4.78 is 27.7. The van der Waals surface area contributed by atoms with Crippen molar-refractivity contribution in [3.8, 4) is 0 Å². The van der Waals surface area contributed by atoms with Crippen molar-refractivity contribution in [2.24, 2.45) is 0 Å². The maximum absolute atomic E-state index is 13.5. The average molecular weight is 427 g/mol. The van der Waals surface area contributed by atoms with Gasteiger partial charge in [0.2, 0.25) is 5.91 Å². The Morgan fingerprint density at radius 1 is 1.32 bits per heavy atom. The lowest BCUT2D eigenvalue weighted by Gasteiger charge is -2.13. The molecule has 0 fully saturated rings. The highest BCUT2D eigenvalue weighted by atomic mass is 35.5. The summed E-state index contributed by atoms with van der Waals surface area (Å²) in [5.41, 5.74) is 0.476. The summed E-state index contributed by atoms with van der Waals surface area (Å²) in [5.74, 6) is -0.555. The number of nitro groups is 1. The number of carbonyl (C=O) groups excluding carboxylic acids is 1. The Bertz CT molecular complexity index is 1060. The Balaban J connectivity index is 1.82. The number of halogens is 3. The van der Waals surface area contributed by atoms with Crippen molar-refractivity contribution >= 4 is 51.7 Å². The van der Waals surface area contributed by atoms with Gasteiger partial charge >= 0.3 is 6.55 Å². The first-order chi connectivity index (χ1) is 13.3. The van der Waals surface area contributed by atoms with Crippen LogP contribution in [0.2, 0.25) is 5.02 Å². The van der Waals surface area contributed by atoms with E-state index in [0.29, 0.717) is 5.52 Å². The summed E-state index contributed by atoms with van der Waals surface area (Å²) >= 11 is 6.82. The Kier molecular flexibility index (Phi) is 5.80. The zero-order valence-electron chi connectivity index (χ0n) is 14.3. The molecule has 0 saturated carbocycles. The van der Waals surface area contributed by atoms with Crippen molar-refractivity contribution in [2.75, 3.05) is 5.32 Å². The normalized spacial score (nSPS) is 12.3. The molecule has 0 aliphatic heterocycles. The second-order valence-electron chi connectivity index (χ2n) is 5.70. The van der Waals surface area contributed by atoms with E-state index in [1.165, 1.54) is 25.1 Å². The van der Waals surface area contributed by atoms with Crippen LogP contribution >= 0.6 is 23.4 Å². The molecule has 7 nitrogen and oxygen atoms in total. The average Bonchev–Trinajstić information content (AvgIpc) is 3.01. The fourth-order valence-corrected chi connectivity index (χ4v) is 3.55. The van der Waals surface area contributed by atoms with Gasteiger partial charge in [0.05, 0.1) is 31.9 Å². The van der Waals surface area contributed by atoms with Gasteiger partial charge in [-0.25, -0.2) is 4.98 Å². The SMILES string of the molecule is CC(Sc1nc2ccccc2n1C(F)F)C(=O)Nc1cc([N+](=O)[O-])ccc1Cl. The molecule has 0 aliphatic carbocycles. The number of anilines is 1. The molecule has 0 aliphatic rings. The molecule has 2 aromatic carbocycles. The third-order valence-corrected chi connectivity index (χ3v) is 5.22. The maximum atomic E-state index is 13.5. The van der Waals surface area contributed by atoms with Crippen LogP contribution in [0.1, 0.15) is 13.5 Å². The van der Waals surface area contributed by atoms with Gasteiger partial charge in [-0.15, -0.1) is 0 Å². The van der Waals surface area contributed by atoms with Crippen LogP contribution in [0.4, 0.5) is 20.2 Å². The largest absolute Gasteiger partial charge is 0.324 e. The number of aromatic nitrogens is 2. The number of rotatable bonds is 6. The molecule has 3 rings (SSSR count). The number of non-ortho nitro benzene ring substituents is 1. The van der Waals surface area contributed by atoms with Crippen LogP contribution in [0.5, 0.6) is 0 Å². The van der Waals surface area contributed by atoms with Gasteiger partial charge in [-0.2, -0.15) is 8.78 Å². The highest BCUT2D eigenvalue weighted by Gasteiger charge is 2.23. The molecular weight excluding hydrogens is 414 g/mol. The van der Waals surface area contributed by atoms with E-state index in [4.69, 9.17) is 11.6 Å². The lowest BCUT2D eigenvalue weighted by molar-refractivity contribution is -0.384. The van der Waals surface area contributed by atoms with Gasteiger partial charge in [0, 0.05) is 12.1 Å². The van der Waals surface area contributed by atoms with Crippen LogP contribution in [-0.2, 0) is 4.79 Å². The van der Waals surface area contributed by atoms with E-state index in [0.717, 1.165) is 22.4 Å². The van der Waals surface area contributed by atoms with E-state index in [1.807, 2.05) is 0 Å². The number of benzene rings is 2. The van der Waals surface area contributed by atoms with Gasteiger partial charge in [0.25, 0.3) is 5.69 Å². The number of imidazole rings is 1. The zero-order chi connectivity index (χ0) is 20.4. The topological polar surface area (TPSA) is 90.1 Å². The van der Waals surface area contributed by atoms with E-state index in [2.05, 4.69) is 10.3 Å². The van der Waals surface area contributed by atoms with E-state index in [1.54, 1.807) is 18.2 Å². The molecule has 0 spiro atoms. The van der Waals surface area contributed by atoms with E-state index >= 15 is 0 Å². The minimum atomic E-state index is -2.82. The third-order valence-electron chi connectivity index (χ3n) is 3.83. The second kappa shape index (κ2) is 8.11. The van der Waals surface area contributed by atoms with Crippen LogP contribution in [0.25, 0.3) is 11.0 Å². The fraction of sp³-hybridized carbons (Fsp3) is 0.176. The molecule has 0 bridgehead atoms. The number of nitrogens with one attached hydrogen (secondary N) is 1. The van der Waals surface area contributed by atoms with Crippen molar-refractivity contribution in [3.05, 3.63) is 57.6 Å². The molecule has 1 N–H and O–H groups in total. The lowest BCUT2D eigenvalue weighted by atomic mass is 10.2. The van der Waals surface area contributed by atoms with Crippen LogP contribution < -0.4 is 5.32 Å². The number of carbonyl (C=O) groups is 1. The van der Waals surface area contributed by atoms with Gasteiger partial charge in [-0.3, -0.25) is 19.5 Å². The standard InChI is InChI=1S/C17H13ClF2N4O3S/c1-9(15(25)21-13-8-10(24(26)27)6-7-11(13)18)28-17-22-12-4-2-3-5-14(12)23(17)16(19)20/h2-9,16H,1H3,(H,21,25). The minimum Gasteiger partial charge on any atom is -0.324 e. The van der Waals surface area contributed by atoms with Gasteiger partial charge in [-0.1, -0.05) is 35.5 Å². The first-order valence-electron chi connectivity index (χ1n) is 7.94. The van der Waals surface area contributed by atoms with Crippen molar-refractivity contribution < 1.29 is 18.5 Å². The number of alkyl halides is 2. The van der Waals surface area contributed by atoms with E-state index in [9.17, 15) is 23.7 Å². The molecular formula is C17H13ClF2N4O3S. The Labute approximate surface area is 166 Å². The molecule has 0 saturated heterocycles. The predicted octanol–water partition coefficient (Wildman–Crippen LogP) is 5.11. The lowest BCUT2D eigenvalue weighted by Crippen LogP contribution is -2.23. The van der Waals surface area contributed by atoms with Gasteiger partial charge in [0.1, 0.15) is 0 Å². The van der Waals surface area contributed by atoms with Crippen molar-refractivity contribution in [1.29, 1.82) is 0 Å². The summed E-state index contributed by atoms with van der Waals surface area (Å²) in [6, 6.07) is 10.1. The smallest absolute Gasteiger partial charge is 0.321 e. The number of hydrogen-bond donors (Lipinski definition) is 1. The summed E-state index contributed by atoms with van der Waals surface area (Å²) in [7, 11) is 0. The molecule has 1 unspecified atom stereocenters. The molecule has 1 atom stereocenters. The van der Waals surface area contributed by atoms with Gasteiger partial charge in [0.15, 0.2) is 5.16 Å². The van der Waals surface area contributed by atoms with Crippen LogP contribution in [0.15, 0.2) is 47.6 Å². The summed E-state index contributed by atoms with van der Waals surface area (Å²) in [4.78, 5) is 26.9. The van der Waals surface area contributed by atoms with Gasteiger partial charge in [-0.05, 0) is 25.1 Å². The minimum absolute atomic E-state index is 0.0102. The Morgan fingerprint density at radius 3 is 2.71 bits per heavy atom. The summed E-state index contributed by atoms with van der Waals surface area (Å²) in [6.07, 6.45) is 0. The number of nitro benzene ring substituents is 1. The van der Waals surface area contributed by atoms with Crippen molar-refractivity contribution in [3.63, 3.8) is 0 Å². The summed E-state index contributed by atoms with van der Waals surface area (Å²) in [5, 5.41) is 12.7. The number of fused-ring (bicyclic) bond motifs is 1. The highest BCUT2D eigenvalue weighted by Crippen LogP contribution is 2.32. The van der Waals surface area contributed by atoms with Gasteiger partial charge < -0.3 is 5.32 Å².